The van der Waals surface area contributed by atoms with Crippen LogP contribution in [0.5, 0.6) is 0 Å². The van der Waals surface area contributed by atoms with Crippen LogP contribution in [0.1, 0.15) is 25.3 Å². The summed E-state index contributed by atoms with van der Waals surface area (Å²) in [6, 6.07) is 8.00. The first kappa shape index (κ1) is 12.7. The summed E-state index contributed by atoms with van der Waals surface area (Å²) in [4.78, 5) is 0. The summed E-state index contributed by atoms with van der Waals surface area (Å²) in [6.07, 6.45) is 2.33. The van der Waals surface area contributed by atoms with Gasteiger partial charge in [0, 0.05) is 17.4 Å². The fourth-order valence-electron chi connectivity index (χ4n) is 1.71. The molecule has 0 bridgehead atoms. The highest BCUT2D eigenvalue weighted by Crippen LogP contribution is 2.19. The standard InChI is InChI=1S/C12H18BrNO/c1-2-7-12(15,9-14)8-10-3-5-11(13)6-4-10/h3-6,15H,2,7-9,14H2,1H3. The number of hydrogen-bond donors (Lipinski definition) is 2. The monoisotopic (exact) mass is 271 g/mol. The third kappa shape index (κ3) is 3.93. The summed E-state index contributed by atoms with van der Waals surface area (Å²) in [5, 5.41) is 10.2. The summed E-state index contributed by atoms with van der Waals surface area (Å²) < 4.78 is 1.05. The first-order valence-corrected chi connectivity index (χ1v) is 6.06. The van der Waals surface area contributed by atoms with Crippen LogP contribution in [-0.4, -0.2) is 17.3 Å². The zero-order chi connectivity index (χ0) is 11.3. The van der Waals surface area contributed by atoms with E-state index in [4.69, 9.17) is 5.73 Å². The summed E-state index contributed by atoms with van der Waals surface area (Å²) in [6.45, 7) is 2.37. The van der Waals surface area contributed by atoms with Gasteiger partial charge in [-0.1, -0.05) is 41.4 Å². The molecule has 1 unspecified atom stereocenters. The van der Waals surface area contributed by atoms with Crippen LogP contribution in [0, 0.1) is 0 Å². The van der Waals surface area contributed by atoms with E-state index >= 15 is 0 Å². The molecular formula is C12H18BrNO. The molecule has 84 valence electrons. The fourth-order valence-corrected chi connectivity index (χ4v) is 1.97. The van der Waals surface area contributed by atoms with E-state index < -0.39 is 5.60 Å². The fraction of sp³-hybridized carbons (Fsp3) is 0.500. The molecule has 0 aliphatic carbocycles. The molecule has 3 N–H and O–H groups in total. The normalized spacial score (nSPS) is 14.9. The maximum Gasteiger partial charge on any atom is 0.0809 e. The molecule has 0 aliphatic rings. The van der Waals surface area contributed by atoms with Gasteiger partial charge in [0.2, 0.25) is 0 Å². The van der Waals surface area contributed by atoms with Gasteiger partial charge in [-0.25, -0.2) is 0 Å². The third-order valence-corrected chi connectivity index (χ3v) is 3.07. The maximum absolute atomic E-state index is 10.2. The number of rotatable bonds is 5. The summed E-state index contributed by atoms with van der Waals surface area (Å²) in [7, 11) is 0. The van der Waals surface area contributed by atoms with Gasteiger partial charge in [-0.15, -0.1) is 0 Å². The van der Waals surface area contributed by atoms with Crippen molar-refractivity contribution in [3.8, 4) is 0 Å². The molecule has 0 heterocycles. The maximum atomic E-state index is 10.2. The molecule has 0 saturated carbocycles. The van der Waals surface area contributed by atoms with Gasteiger partial charge < -0.3 is 10.8 Å². The number of halogens is 1. The Balaban J connectivity index is 2.70. The number of hydrogen-bond acceptors (Lipinski definition) is 2. The van der Waals surface area contributed by atoms with Crippen molar-refractivity contribution in [1.29, 1.82) is 0 Å². The second kappa shape index (κ2) is 5.64. The Hall–Kier alpha value is -0.380. The van der Waals surface area contributed by atoms with Gasteiger partial charge in [-0.3, -0.25) is 0 Å². The van der Waals surface area contributed by atoms with Gasteiger partial charge >= 0.3 is 0 Å². The Labute approximate surface area is 99.6 Å². The average Bonchev–Trinajstić information content (AvgIpc) is 2.22. The van der Waals surface area contributed by atoms with Crippen molar-refractivity contribution in [1.82, 2.24) is 0 Å². The lowest BCUT2D eigenvalue weighted by atomic mass is 9.90. The van der Waals surface area contributed by atoms with Crippen LogP contribution in [0.25, 0.3) is 0 Å². The smallest absolute Gasteiger partial charge is 0.0809 e. The molecule has 1 atom stereocenters. The molecule has 0 aromatic heterocycles. The van der Waals surface area contributed by atoms with Crippen LogP contribution in [0.15, 0.2) is 28.7 Å². The Kier molecular flexibility index (Phi) is 4.77. The van der Waals surface area contributed by atoms with Gasteiger partial charge in [0.25, 0.3) is 0 Å². The van der Waals surface area contributed by atoms with Crippen LogP contribution in [0.2, 0.25) is 0 Å². The van der Waals surface area contributed by atoms with Crippen molar-refractivity contribution in [2.75, 3.05) is 6.54 Å². The van der Waals surface area contributed by atoms with Crippen LogP contribution in [0.4, 0.5) is 0 Å². The minimum atomic E-state index is -0.747. The lowest BCUT2D eigenvalue weighted by Crippen LogP contribution is -2.39. The highest BCUT2D eigenvalue weighted by molar-refractivity contribution is 9.10. The highest BCUT2D eigenvalue weighted by atomic mass is 79.9. The first-order valence-electron chi connectivity index (χ1n) is 5.26. The van der Waals surface area contributed by atoms with E-state index in [0.717, 1.165) is 22.9 Å². The van der Waals surface area contributed by atoms with Crippen molar-refractivity contribution < 1.29 is 5.11 Å². The third-order valence-electron chi connectivity index (χ3n) is 2.54. The molecule has 0 radical (unpaired) electrons. The molecule has 0 aliphatic heterocycles. The van der Waals surface area contributed by atoms with Crippen LogP contribution < -0.4 is 5.73 Å². The van der Waals surface area contributed by atoms with E-state index in [-0.39, 0.29) is 0 Å². The molecule has 1 aromatic carbocycles. The van der Waals surface area contributed by atoms with Crippen molar-refractivity contribution >= 4 is 15.9 Å². The lowest BCUT2D eigenvalue weighted by molar-refractivity contribution is 0.0399. The molecular weight excluding hydrogens is 254 g/mol. The van der Waals surface area contributed by atoms with Crippen LogP contribution in [-0.2, 0) is 6.42 Å². The van der Waals surface area contributed by atoms with Crippen molar-refractivity contribution in [3.05, 3.63) is 34.3 Å². The quantitative estimate of drug-likeness (QED) is 0.865. The van der Waals surface area contributed by atoms with E-state index in [0.29, 0.717) is 13.0 Å². The second-order valence-electron chi connectivity index (χ2n) is 3.98. The van der Waals surface area contributed by atoms with Crippen molar-refractivity contribution in [2.24, 2.45) is 5.73 Å². The second-order valence-corrected chi connectivity index (χ2v) is 4.90. The van der Waals surface area contributed by atoms with Gasteiger partial charge in [-0.05, 0) is 24.1 Å². The molecule has 15 heavy (non-hydrogen) atoms. The summed E-state index contributed by atoms with van der Waals surface area (Å²) in [5.41, 5.74) is 5.99. The summed E-state index contributed by atoms with van der Waals surface area (Å²) >= 11 is 3.39. The zero-order valence-corrected chi connectivity index (χ0v) is 10.6. The van der Waals surface area contributed by atoms with Crippen molar-refractivity contribution in [3.63, 3.8) is 0 Å². The largest absolute Gasteiger partial charge is 0.388 e. The average molecular weight is 272 g/mol. The predicted molar refractivity (Wildman–Crippen MR) is 66.8 cm³/mol. The molecule has 0 saturated heterocycles. The molecule has 3 heteroatoms. The van der Waals surface area contributed by atoms with Gasteiger partial charge in [0.15, 0.2) is 0 Å². The Morgan fingerprint density at radius 2 is 1.93 bits per heavy atom. The van der Waals surface area contributed by atoms with Crippen molar-refractivity contribution in [2.45, 2.75) is 31.8 Å². The van der Waals surface area contributed by atoms with E-state index in [1.807, 2.05) is 24.3 Å². The van der Waals surface area contributed by atoms with E-state index in [2.05, 4.69) is 22.9 Å². The SMILES string of the molecule is CCCC(O)(CN)Cc1ccc(Br)cc1. The van der Waals surface area contributed by atoms with Crippen LogP contribution in [0.3, 0.4) is 0 Å². The minimum absolute atomic E-state index is 0.316. The molecule has 0 spiro atoms. The van der Waals surface area contributed by atoms with Gasteiger partial charge in [0.1, 0.15) is 0 Å². The highest BCUT2D eigenvalue weighted by Gasteiger charge is 2.24. The van der Waals surface area contributed by atoms with Gasteiger partial charge in [0.05, 0.1) is 5.60 Å². The predicted octanol–water partition coefficient (Wildman–Crippen LogP) is 2.48. The lowest BCUT2D eigenvalue weighted by Gasteiger charge is -2.26. The van der Waals surface area contributed by atoms with E-state index in [1.54, 1.807) is 0 Å². The Bertz CT molecular complexity index is 299. The molecule has 0 fully saturated rings. The van der Waals surface area contributed by atoms with E-state index in [9.17, 15) is 5.11 Å². The minimum Gasteiger partial charge on any atom is -0.388 e. The topological polar surface area (TPSA) is 46.2 Å². The summed E-state index contributed by atoms with van der Waals surface area (Å²) in [5.74, 6) is 0. The first-order chi connectivity index (χ1) is 7.09. The molecule has 2 nitrogen and oxygen atoms in total. The number of nitrogens with two attached hydrogens (primary N) is 1. The Morgan fingerprint density at radius 1 is 1.33 bits per heavy atom. The van der Waals surface area contributed by atoms with E-state index in [1.165, 1.54) is 0 Å². The van der Waals surface area contributed by atoms with Gasteiger partial charge in [-0.2, -0.15) is 0 Å². The zero-order valence-electron chi connectivity index (χ0n) is 9.04. The molecule has 0 amide bonds. The number of benzene rings is 1. The molecule has 1 aromatic rings. The van der Waals surface area contributed by atoms with Crippen LogP contribution >= 0.6 is 15.9 Å². The Morgan fingerprint density at radius 3 is 2.40 bits per heavy atom. The number of aliphatic hydroxyl groups is 1. The molecule has 1 rings (SSSR count).